The topological polar surface area (TPSA) is 195 Å². The number of ether oxygens (including phenoxy) is 1. The van der Waals surface area contributed by atoms with Gasteiger partial charge in [0.2, 0.25) is 18.5 Å². The van der Waals surface area contributed by atoms with E-state index in [9.17, 15) is 24.8 Å². The fourth-order valence-corrected chi connectivity index (χ4v) is 5.71. The monoisotopic (exact) mass is 580 g/mol. The van der Waals surface area contributed by atoms with Crippen molar-refractivity contribution in [3.05, 3.63) is 85.2 Å². The number of nitrogens with zero attached hydrogens (tertiary/aromatic N) is 6. The minimum Gasteiger partial charge on any atom is -0.490 e. The first-order valence-corrected chi connectivity index (χ1v) is 14.1. The second-order valence-corrected chi connectivity index (χ2v) is 11.3. The highest BCUT2D eigenvalue weighted by atomic mass is 31.2. The van der Waals surface area contributed by atoms with E-state index in [2.05, 4.69) is 15.0 Å². The predicted molar refractivity (Wildman–Crippen MR) is 144 cm³/mol. The van der Waals surface area contributed by atoms with Crippen molar-refractivity contribution in [2.75, 3.05) is 12.3 Å². The number of aromatic nitrogens is 6. The number of aliphatic hydroxyl groups is 2. The van der Waals surface area contributed by atoms with Crippen LogP contribution in [0.1, 0.15) is 11.8 Å². The Labute approximate surface area is 233 Å². The highest BCUT2D eigenvalue weighted by Crippen LogP contribution is 2.44. The molecule has 1 unspecified atom stereocenters. The first kappa shape index (κ1) is 27.0. The van der Waals surface area contributed by atoms with E-state index in [4.69, 9.17) is 15.0 Å². The predicted octanol–water partition coefficient (Wildman–Crippen LogP) is 1.20. The Kier molecular flexibility index (Phi) is 7.03. The van der Waals surface area contributed by atoms with Gasteiger partial charge in [0.1, 0.15) is 31.2 Å². The number of aliphatic hydroxyl groups excluding tert-OH is 2. The minimum atomic E-state index is -4.30. The van der Waals surface area contributed by atoms with Crippen molar-refractivity contribution >= 4 is 24.9 Å². The van der Waals surface area contributed by atoms with Crippen LogP contribution in [0, 0.1) is 0 Å². The van der Waals surface area contributed by atoms with Crippen molar-refractivity contribution < 1.29 is 38.6 Å². The minimum absolute atomic E-state index is 0.153. The van der Waals surface area contributed by atoms with Gasteiger partial charge >= 0.3 is 7.75 Å². The smallest absolute Gasteiger partial charge is 0.437 e. The van der Waals surface area contributed by atoms with E-state index < -0.39 is 38.9 Å². The number of hydrogen-bond acceptors (Lipinski definition) is 10. The first-order chi connectivity index (χ1) is 19.7. The van der Waals surface area contributed by atoms with Crippen molar-refractivity contribution in [1.82, 2.24) is 23.9 Å². The van der Waals surface area contributed by atoms with E-state index in [1.165, 1.54) is 17.0 Å². The highest BCUT2D eigenvalue weighted by molar-refractivity contribution is 7.51. The van der Waals surface area contributed by atoms with E-state index in [0.29, 0.717) is 6.54 Å². The van der Waals surface area contributed by atoms with Gasteiger partial charge in [-0.05, 0) is 16.7 Å². The molecule has 41 heavy (non-hydrogen) atoms. The van der Waals surface area contributed by atoms with Crippen LogP contribution < -0.4 is 10.3 Å². The summed E-state index contributed by atoms with van der Waals surface area (Å²) in [7, 11) is -4.30. The molecule has 6 rings (SSSR count). The van der Waals surface area contributed by atoms with Crippen LogP contribution in [0.5, 0.6) is 5.88 Å². The number of nitrogen functional groups attached to an aromatic ring is 1. The van der Waals surface area contributed by atoms with Crippen LogP contribution in [0.25, 0.3) is 22.3 Å². The van der Waals surface area contributed by atoms with Gasteiger partial charge in [0, 0.05) is 12.4 Å². The molecule has 0 radical (unpaired) electrons. The molecule has 0 spiro atoms. The van der Waals surface area contributed by atoms with Gasteiger partial charge in [-0.15, -0.1) is 0 Å². The Morgan fingerprint density at radius 1 is 1.05 bits per heavy atom. The molecule has 14 nitrogen and oxygen atoms in total. The lowest BCUT2D eigenvalue weighted by Gasteiger charge is -2.17. The summed E-state index contributed by atoms with van der Waals surface area (Å²) in [5.74, 6) is -0.579. The number of hydrogen-bond donors (Lipinski definition) is 5. The summed E-state index contributed by atoms with van der Waals surface area (Å²) in [6, 6.07) is 17.8. The summed E-state index contributed by atoms with van der Waals surface area (Å²) in [4.78, 5) is 22.0. The quantitative estimate of drug-likeness (QED) is 0.131. The zero-order valence-corrected chi connectivity index (χ0v) is 22.3. The third kappa shape index (κ3) is 5.20. The Bertz CT molecular complexity index is 1710. The summed E-state index contributed by atoms with van der Waals surface area (Å²) < 4.78 is 27.5. The molecule has 0 saturated carbocycles. The second kappa shape index (κ2) is 10.7. The molecular formula is C26H27N7O7P+. The van der Waals surface area contributed by atoms with Gasteiger partial charge in [0.25, 0.3) is 17.0 Å². The standard InChI is InChI=1S/C26H26N7O7P/c27-26-29-23-20(24(36)30-26)31(12-16-6-8-18(9-7-16)17-4-2-1-3-5-17)15-33(23)25-22(35)21(34)19(40-25)13-39-41(37,38)32-11-10-28-14-32/h1-11,14-15,19,21-22,25,34-35H,12-13H2,(H3-,27,29,30,36,37,38)/p+1/t19-,21-,22-,25-/m1/s1. The van der Waals surface area contributed by atoms with E-state index in [-0.39, 0.29) is 23.0 Å². The van der Waals surface area contributed by atoms with Crippen LogP contribution >= 0.6 is 7.75 Å². The van der Waals surface area contributed by atoms with Crippen molar-refractivity contribution in [2.45, 2.75) is 31.1 Å². The molecule has 1 fully saturated rings. The highest BCUT2D eigenvalue weighted by Gasteiger charge is 2.48. The zero-order valence-electron chi connectivity index (χ0n) is 21.5. The Morgan fingerprint density at radius 3 is 2.49 bits per heavy atom. The maximum atomic E-state index is 12.5. The van der Waals surface area contributed by atoms with Gasteiger partial charge in [-0.3, -0.25) is 4.52 Å². The average Bonchev–Trinajstić information content (AvgIpc) is 3.69. The fraction of sp³-hybridized carbons (Fsp3) is 0.231. The normalized spacial score (nSPS) is 22.2. The van der Waals surface area contributed by atoms with Gasteiger partial charge in [-0.25, -0.2) is 18.5 Å². The van der Waals surface area contributed by atoms with Crippen LogP contribution in [0.2, 0.25) is 0 Å². The number of nitrogens with two attached hydrogens (primary N) is 1. The van der Waals surface area contributed by atoms with Gasteiger partial charge in [-0.2, -0.15) is 14.5 Å². The molecule has 4 heterocycles. The van der Waals surface area contributed by atoms with Gasteiger partial charge in [0.15, 0.2) is 0 Å². The van der Waals surface area contributed by atoms with Crippen molar-refractivity contribution in [3.63, 3.8) is 0 Å². The van der Waals surface area contributed by atoms with Crippen LogP contribution in [-0.4, -0.2) is 69.0 Å². The van der Waals surface area contributed by atoms with Crippen molar-refractivity contribution in [1.29, 1.82) is 0 Å². The lowest BCUT2D eigenvalue weighted by atomic mass is 10.0. The molecule has 6 N–H and O–H groups in total. The van der Waals surface area contributed by atoms with E-state index >= 15 is 0 Å². The number of anilines is 1. The van der Waals surface area contributed by atoms with Gasteiger partial charge < -0.3 is 30.7 Å². The molecule has 1 aliphatic heterocycles. The summed E-state index contributed by atoms with van der Waals surface area (Å²) in [6.45, 7) is -0.202. The van der Waals surface area contributed by atoms with Gasteiger partial charge in [0.05, 0.1) is 6.61 Å². The molecular weight excluding hydrogens is 553 g/mol. The molecule has 0 bridgehead atoms. The maximum Gasteiger partial charge on any atom is 0.437 e. The average molecular weight is 581 g/mol. The third-order valence-corrected chi connectivity index (χ3v) is 8.18. The van der Waals surface area contributed by atoms with E-state index in [1.807, 2.05) is 54.6 Å². The summed E-state index contributed by atoms with van der Waals surface area (Å²) in [5, 5.41) is 32.3. The van der Waals surface area contributed by atoms with Gasteiger partial charge in [-0.1, -0.05) is 54.6 Å². The number of aromatic hydroxyl groups is 1. The first-order valence-electron chi connectivity index (χ1n) is 12.6. The van der Waals surface area contributed by atoms with Crippen LogP contribution in [0.4, 0.5) is 5.95 Å². The number of imidazole rings is 2. The lowest BCUT2D eigenvalue weighted by molar-refractivity contribution is -0.664. The second-order valence-electron chi connectivity index (χ2n) is 9.57. The largest absolute Gasteiger partial charge is 0.490 e. The summed E-state index contributed by atoms with van der Waals surface area (Å²) in [5.41, 5.74) is 9.23. The van der Waals surface area contributed by atoms with Crippen molar-refractivity contribution in [3.8, 4) is 17.0 Å². The SMILES string of the molecule is Nc1nc(O)c2c(n1)n([C@@H]1O[C@H](COP(=O)(O)n3ccnc3)[C@@H](O)[C@H]1O)c[n+]2Cc1ccc(-c2ccccc2)cc1. The summed E-state index contributed by atoms with van der Waals surface area (Å²) in [6.07, 6.45) is -0.0158. The molecule has 5 aromatic rings. The van der Waals surface area contributed by atoms with Crippen molar-refractivity contribution in [2.24, 2.45) is 0 Å². The van der Waals surface area contributed by atoms with Crippen LogP contribution in [0.15, 0.2) is 79.6 Å². The van der Waals surface area contributed by atoms with E-state index in [0.717, 1.165) is 27.4 Å². The summed E-state index contributed by atoms with van der Waals surface area (Å²) >= 11 is 0. The Morgan fingerprint density at radius 2 is 1.78 bits per heavy atom. The molecule has 2 aromatic carbocycles. The number of rotatable bonds is 8. The molecule has 3 aromatic heterocycles. The van der Waals surface area contributed by atoms with Crippen LogP contribution in [-0.2, 0) is 20.4 Å². The molecule has 212 valence electrons. The molecule has 1 aliphatic rings. The molecule has 0 amide bonds. The van der Waals surface area contributed by atoms with Crippen LogP contribution in [0.3, 0.4) is 0 Å². The number of benzene rings is 2. The Balaban J connectivity index is 1.28. The molecule has 0 aliphatic carbocycles. The third-order valence-electron chi connectivity index (χ3n) is 6.87. The maximum absolute atomic E-state index is 12.5. The van der Waals surface area contributed by atoms with E-state index in [1.54, 1.807) is 10.9 Å². The fourth-order valence-electron chi connectivity index (χ4n) is 4.82. The lowest BCUT2D eigenvalue weighted by Crippen LogP contribution is -2.35. The molecule has 1 saturated heterocycles. The zero-order chi connectivity index (χ0) is 28.7. The molecule has 15 heteroatoms. The molecule has 5 atom stereocenters. The Hall–Kier alpha value is -4.17. The number of fused-ring (bicyclic) bond motifs is 1.